The quantitative estimate of drug-likeness (QED) is 0.281. The molecule has 174 valence electrons. The molecule has 7 nitrogen and oxygen atoms in total. The van der Waals surface area contributed by atoms with Crippen LogP contribution in [0.4, 0.5) is 0 Å². The second-order valence-corrected chi connectivity index (χ2v) is 9.04. The van der Waals surface area contributed by atoms with Crippen LogP contribution in [0.5, 0.6) is 5.75 Å². The highest BCUT2D eigenvalue weighted by Crippen LogP contribution is 2.34. The lowest BCUT2D eigenvalue weighted by Gasteiger charge is -2.28. The van der Waals surface area contributed by atoms with Gasteiger partial charge in [-0.25, -0.2) is 0 Å². The molecule has 1 amide bonds. The Labute approximate surface area is 198 Å². The SMILES string of the molecule is N=Cc1ccc(C(=O)C(=O)N[C@H](CN2CCCC2)[C@H](O)c2ccc(OC3CC3)c(Cl)c2)cc1. The van der Waals surface area contributed by atoms with Crippen LogP contribution >= 0.6 is 11.6 Å². The maximum Gasteiger partial charge on any atom is 0.292 e. The molecule has 33 heavy (non-hydrogen) atoms. The highest BCUT2D eigenvalue weighted by molar-refractivity contribution is 6.42. The van der Waals surface area contributed by atoms with Crippen molar-refractivity contribution in [3.05, 3.63) is 64.2 Å². The fourth-order valence-electron chi connectivity index (χ4n) is 3.96. The topological polar surface area (TPSA) is 103 Å². The summed E-state index contributed by atoms with van der Waals surface area (Å²) in [6.45, 7) is 2.19. The van der Waals surface area contributed by atoms with Gasteiger partial charge in [-0.2, -0.15) is 0 Å². The number of Topliss-reactive ketones (excluding diaryl/α,β-unsaturated/α-hetero) is 1. The molecular weight excluding hydrogens is 442 g/mol. The summed E-state index contributed by atoms with van der Waals surface area (Å²) in [6, 6.07) is 10.7. The maximum absolute atomic E-state index is 12.8. The molecule has 2 atom stereocenters. The van der Waals surface area contributed by atoms with Gasteiger partial charge in [0.1, 0.15) is 11.9 Å². The van der Waals surface area contributed by atoms with Gasteiger partial charge in [0.05, 0.1) is 17.2 Å². The number of amides is 1. The van der Waals surface area contributed by atoms with Crippen LogP contribution in [0.15, 0.2) is 42.5 Å². The van der Waals surface area contributed by atoms with E-state index in [1.54, 1.807) is 30.3 Å². The molecule has 8 heteroatoms. The molecule has 0 unspecified atom stereocenters. The number of hydrogen-bond donors (Lipinski definition) is 3. The fraction of sp³-hybridized carbons (Fsp3) is 0.400. The lowest BCUT2D eigenvalue weighted by atomic mass is 10.0. The number of ether oxygens (including phenoxy) is 1. The van der Waals surface area contributed by atoms with Crippen molar-refractivity contribution >= 4 is 29.5 Å². The number of likely N-dealkylation sites (tertiary alicyclic amines) is 1. The fourth-order valence-corrected chi connectivity index (χ4v) is 4.19. The predicted molar refractivity (Wildman–Crippen MR) is 126 cm³/mol. The van der Waals surface area contributed by atoms with E-state index in [9.17, 15) is 14.7 Å². The zero-order valence-corrected chi connectivity index (χ0v) is 19.1. The number of benzene rings is 2. The lowest BCUT2D eigenvalue weighted by molar-refractivity contribution is -0.118. The van der Waals surface area contributed by atoms with Gasteiger partial charge >= 0.3 is 0 Å². The second kappa shape index (κ2) is 10.5. The average Bonchev–Trinajstić information content (AvgIpc) is 3.50. The minimum atomic E-state index is -1.05. The third kappa shape index (κ3) is 5.99. The van der Waals surface area contributed by atoms with Crippen LogP contribution < -0.4 is 10.1 Å². The van der Waals surface area contributed by atoms with Crippen LogP contribution in [-0.4, -0.2) is 59.7 Å². The minimum Gasteiger partial charge on any atom is -0.489 e. The third-order valence-electron chi connectivity index (χ3n) is 6.01. The summed E-state index contributed by atoms with van der Waals surface area (Å²) in [5.74, 6) is -0.879. The normalized spacial score (nSPS) is 17.9. The molecule has 4 rings (SSSR count). The Morgan fingerprint density at radius 3 is 2.48 bits per heavy atom. The summed E-state index contributed by atoms with van der Waals surface area (Å²) in [5, 5.41) is 21.6. The largest absolute Gasteiger partial charge is 0.489 e. The molecule has 1 saturated heterocycles. The summed E-state index contributed by atoms with van der Waals surface area (Å²) in [6.07, 6.45) is 4.49. The molecule has 0 spiro atoms. The molecule has 1 aliphatic heterocycles. The zero-order valence-electron chi connectivity index (χ0n) is 18.3. The monoisotopic (exact) mass is 469 g/mol. The van der Waals surface area contributed by atoms with E-state index in [4.69, 9.17) is 21.7 Å². The van der Waals surface area contributed by atoms with Crippen LogP contribution in [0, 0.1) is 5.41 Å². The van der Waals surface area contributed by atoms with Gasteiger partial charge in [-0.05, 0) is 62.0 Å². The van der Waals surface area contributed by atoms with Crippen molar-refractivity contribution in [2.45, 2.75) is 43.9 Å². The Bertz CT molecular complexity index is 1020. The minimum absolute atomic E-state index is 0.208. The van der Waals surface area contributed by atoms with Gasteiger partial charge in [-0.15, -0.1) is 0 Å². The number of ketones is 1. The summed E-state index contributed by atoms with van der Waals surface area (Å²) in [4.78, 5) is 27.6. The van der Waals surface area contributed by atoms with Crippen LogP contribution in [0.25, 0.3) is 0 Å². The Hall–Kier alpha value is -2.74. The first kappa shape index (κ1) is 23.4. The number of carbonyl (C=O) groups is 2. The molecule has 1 heterocycles. The number of rotatable bonds is 10. The maximum atomic E-state index is 12.8. The van der Waals surface area contributed by atoms with Crippen molar-refractivity contribution in [2.75, 3.05) is 19.6 Å². The molecule has 2 aromatic carbocycles. The Balaban J connectivity index is 1.49. The Morgan fingerprint density at radius 1 is 1.18 bits per heavy atom. The van der Waals surface area contributed by atoms with E-state index >= 15 is 0 Å². The van der Waals surface area contributed by atoms with Crippen LogP contribution in [0.2, 0.25) is 5.02 Å². The zero-order chi connectivity index (χ0) is 23.4. The van der Waals surface area contributed by atoms with Crippen molar-refractivity contribution in [3.63, 3.8) is 0 Å². The number of aliphatic hydroxyl groups excluding tert-OH is 1. The molecule has 3 N–H and O–H groups in total. The van der Waals surface area contributed by atoms with E-state index in [0.717, 1.165) is 38.8 Å². The average molecular weight is 470 g/mol. The molecule has 2 fully saturated rings. The van der Waals surface area contributed by atoms with Gasteiger partial charge in [0, 0.05) is 18.3 Å². The van der Waals surface area contributed by atoms with Gasteiger partial charge in [0.15, 0.2) is 0 Å². The smallest absolute Gasteiger partial charge is 0.292 e. The number of nitrogens with zero attached hydrogens (tertiary/aromatic N) is 1. The highest BCUT2D eigenvalue weighted by Gasteiger charge is 2.30. The number of aliphatic hydroxyl groups is 1. The number of carbonyl (C=O) groups excluding carboxylic acids is 2. The summed E-state index contributed by atoms with van der Waals surface area (Å²) in [5.41, 5.74) is 1.42. The van der Waals surface area contributed by atoms with Crippen LogP contribution in [0.3, 0.4) is 0 Å². The van der Waals surface area contributed by atoms with Gasteiger partial charge in [-0.3, -0.25) is 9.59 Å². The molecule has 0 aromatic heterocycles. The predicted octanol–water partition coefficient (Wildman–Crippen LogP) is 3.38. The number of halogens is 1. The molecular formula is C25H28ClN3O4. The van der Waals surface area contributed by atoms with E-state index in [0.29, 0.717) is 28.4 Å². The van der Waals surface area contributed by atoms with Gasteiger partial charge in [-0.1, -0.05) is 41.9 Å². The van der Waals surface area contributed by atoms with Gasteiger partial charge in [0.25, 0.3) is 5.91 Å². The first-order valence-electron chi connectivity index (χ1n) is 11.3. The van der Waals surface area contributed by atoms with E-state index in [2.05, 4.69) is 10.2 Å². The molecule has 1 saturated carbocycles. The highest BCUT2D eigenvalue weighted by atomic mass is 35.5. The summed E-state index contributed by atoms with van der Waals surface area (Å²) < 4.78 is 5.77. The van der Waals surface area contributed by atoms with Gasteiger partial charge in [0.2, 0.25) is 5.78 Å². The van der Waals surface area contributed by atoms with Crippen molar-refractivity contribution < 1.29 is 19.4 Å². The first-order chi connectivity index (χ1) is 15.9. The Kier molecular flexibility index (Phi) is 7.42. The molecule has 0 bridgehead atoms. The van der Waals surface area contributed by atoms with Crippen LogP contribution in [0.1, 0.15) is 53.3 Å². The third-order valence-corrected chi connectivity index (χ3v) is 6.31. The molecule has 2 aliphatic rings. The molecule has 0 radical (unpaired) electrons. The molecule has 2 aromatic rings. The van der Waals surface area contributed by atoms with Crippen molar-refractivity contribution in [3.8, 4) is 5.75 Å². The number of hydrogen-bond acceptors (Lipinski definition) is 6. The number of nitrogens with one attached hydrogen (secondary N) is 2. The van der Waals surface area contributed by atoms with E-state index in [1.165, 1.54) is 18.3 Å². The van der Waals surface area contributed by atoms with Crippen molar-refractivity contribution in [1.82, 2.24) is 10.2 Å². The van der Waals surface area contributed by atoms with E-state index in [-0.39, 0.29) is 11.7 Å². The van der Waals surface area contributed by atoms with Gasteiger partial charge < -0.3 is 25.5 Å². The van der Waals surface area contributed by atoms with Crippen molar-refractivity contribution in [1.29, 1.82) is 5.41 Å². The second-order valence-electron chi connectivity index (χ2n) is 8.64. The van der Waals surface area contributed by atoms with Crippen LogP contribution in [-0.2, 0) is 4.79 Å². The standard InChI is InChI=1S/C25H28ClN3O4/c26-20-13-18(7-10-22(20)33-19-8-9-19)23(30)21(15-29-11-1-2-12-29)28-25(32)24(31)17-5-3-16(14-27)4-6-17/h3-7,10,13-14,19,21,23,27,30H,1-2,8-9,11-12,15H2,(H,28,32)/t21-,23-/m1/s1. The van der Waals surface area contributed by atoms with E-state index < -0.39 is 23.8 Å². The summed E-state index contributed by atoms with van der Waals surface area (Å²) >= 11 is 6.38. The first-order valence-corrected chi connectivity index (χ1v) is 11.6. The lowest BCUT2D eigenvalue weighted by Crippen LogP contribution is -2.48. The summed E-state index contributed by atoms with van der Waals surface area (Å²) in [7, 11) is 0. The molecule has 1 aliphatic carbocycles. The van der Waals surface area contributed by atoms with Crippen molar-refractivity contribution in [2.24, 2.45) is 0 Å². The Morgan fingerprint density at radius 2 is 1.88 bits per heavy atom. The van der Waals surface area contributed by atoms with E-state index in [1.807, 2.05) is 0 Å².